The number of piperazine rings is 1. The molecular weight excluding hydrogens is 456 g/mol. The Morgan fingerprint density at radius 3 is 2.38 bits per heavy atom. The largest absolute Gasteiger partial charge is 0.497 e. The van der Waals surface area contributed by atoms with Gasteiger partial charge >= 0.3 is 0 Å². The third-order valence-corrected chi connectivity index (χ3v) is 8.52. The van der Waals surface area contributed by atoms with Crippen LogP contribution in [-0.4, -0.2) is 86.9 Å². The first-order valence-electron chi connectivity index (χ1n) is 11.5. The second kappa shape index (κ2) is 10.7. The highest BCUT2D eigenvalue weighted by Crippen LogP contribution is 2.27. The van der Waals surface area contributed by atoms with Gasteiger partial charge in [-0.1, -0.05) is 0 Å². The van der Waals surface area contributed by atoms with Crippen molar-refractivity contribution in [3.63, 3.8) is 0 Å². The molecule has 184 valence electrons. The van der Waals surface area contributed by atoms with Gasteiger partial charge in [-0.3, -0.25) is 14.7 Å². The first kappa shape index (κ1) is 24.4. The summed E-state index contributed by atoms with van der Waals surface area (Å²) in [4.78, 5) is 21.5. The highest BCUT2D eigenvalue weighted by Gasteiger charge is 2.34. The summed E-state index contributed by atoms with van der Waals surface area (Å²) in [5.74, 6) is 1.62. The molecule has 0 saturated carbocycles. The van der Waals surface area contributed by atoms with Gasteiger partial charge in [0.2, 0.25) is 15.9 Å². The number of amides is 1. The third-order valence-electron chi connectivity index (χ3n) is 6.64. The predicted molar refractivity (Wildman–Crippen MR) is 127 cm³/mol. The molecule has 0 spiro atoms. The van der Waals surface area contributed by atoms with E-state index in [1.165, 1.54) is 10.5 Å². The van der Waals surface area contributed by atoms with Gasteiger partial charge in [-0.15, -0.1) is 0 Å². The van der Waals surface area contributed by atoms with Crippen molar-refractivity contribution in [3.8, 4) is 11.5 Å². The van der Waals surface area contributed by atoms with Crippen molar-refractivity contribution in [3.05, 3.63) is 48.3 Å². The number of sulfonamides is 1. The van der Waals surface area contributed by atoms with Crippen LogP contribution >= 0.6 is 0 Å². The van der Waals surface area contributed by atoms with Gasteiger partial charge in [-0.05, 0) is 43.2 Å². The molecule has 0 bridgehead atoms. The summed E-state index contributed by atoms with van der Waals surface area (Å²) in [6.45, 7) is 4.32. The summed E-state index contributed by atoms with van der Waals surface area (Å²) in [6, 6.07) is 8.96. The van der Waals surface area contributed by atoms with Gasteiger partial charge in [0.05, 0.1) is 14.2 Å². The lowest BCUT2D eigenvalue weighted by Gasteiger charge is -2.38. The zero-order valence-electron chi connectivity index (χ0n) is 19.7. The molecule has 0 radical (unpaired) electrons. The van der Waals surface area contributed by atoms with Crippen LogP contribution in [0.2, 0.25) is 0 Å². The number of benzene rings is 1. The molecule has 1 amide bonds. The van der Waals surface area contributed by atoms with Crippen LogP contribution in [-0.2, 0) is 21.4 Å². The summed E-state index contributed by atoms with van der Waals surface area (Å²) < 4.78 is 37.9. The summed E-state index contributed by atoms with van der Waals surface area (Å²) in [5, 5.41) is 0. The van der Waals surface area contributed by atoms with Crippen LogP contribution < -0.4 is 9.47 Å². The topological polar surface area (TPSA) is 92.3 Å². The molecule has 2 saturated heterocycles. The minimum absolute atomic E-state index is 0.134. The molecule has 0 atom stereocenters. The van der Waals surface area contributed by atoms with E-state index >= 15 is 0 Å². The van der Waals surface area contributed by atoms with Gasteiger partial charge in [-0.2, -0.15) is 4.31 Å². The number of pyridine rings is 1. The number of hydrogen-bond acceptors (Lipinski definition) is 7. The number of nitrogens with zero attached hydrogens (tertiary/aromatic N) is 4. The number of methoxy groups -OCH3 is 2. The second-order valence-electron chi connectivity index (χ2n) is 8.65. The number of ether oxygens (including phenoxy) is 2. The molecule has 34 heavy (non-hydrogen) atoms. The van der Waals surface area contributed by atoms with Crippen molar-refractivity contribution in [1.29, 1.82) is 0 Å². The number of carbonyl (C=O) groups excluding carboxylic acids is 1. The monoisotopic (exact) mass is 488 g/mol. The van der Waals surface area contributed by atoms with Crippen molar-refractivity contribution in [1.82, 2.24) is 19.1 Å². The van der Waals surface area contributed by atoms with Crippen LogP contribution in [0.5, 0.6) is 11.5 Å². The molecule has 1 aromatic carbocycles. The average Bonchev–Trinajstić information content (AvgIpc) is 2.89. The van der Waals surface area contributed by atoms with Crippen molar-refractivity contribution in [2.45, 2.75) is 24.3 Å². The molecule has 3 heterocycles. The van der Waals surface area contributed by atoms with E-state index in [1.807, 2.05) is 23.1 Å². The Morgan fingerprint density at radius 1 is 1.03 bits per heavy atom. The number of piperidine rings is 1. The van der Waals surface area contributed by atoms with Crippen molar-refractivity contribution < 1.29 is 22.7 Å². The fourth-order valence-electron chi connectivity index (χ4n) is 4.62. The van der Waals surface area contributed by atoms with E-state index in [-0.39, 0.29) is 16.7 Å². The average molecular weight is 489 g/mol. The fourth-order valence-corrected chi connectivity index (χ4v) is 6.06. The van der Waals surface area contributed by atoms with Gasteiger partial charge in [0.1, 0.15) is 16.4 Å². The molecule has 0 aliphatic carbocycles. The number of hydrogen-bond donors (Lipinski definition) is 0. The Kier molecular flexibility index (Phi) is 7.70. The Morgan fingerprint density at radius 2 is 1.76 bits per heavy atom. The normalized spacial score (nSPS) is 18.6. The summed E-state index contributed by atoms with van der Waals surface area (Å²) >= 11 is 0. The molecular formula is C24H32N4O5S. The Balaban J connectivity index is 1.28. The minimum Gasteiger partial charge on any atom is -0.497 e. The summed E-state index contributed by atoms with van der Waals surface area (Å²) in [7, 11) is -0.254. The van der Waals surface area contributed by atoms with Crippen molar-refractivity contribution >= 4 is 15.9 Å². The predicted octanol–water partition coefficient (Wildman–Crippen LogP) is 1.84. The van der Waals surface area contributed by atoms with E-state index in [9.17, 15) is 13.2 Å². The summed E-state index contributed by atoms with van der Waals surface area (Å²) in [6.07, 6.45) is 4.00. The maximum absolute atomic E-state index is 13.1. The van der Waals surface area contributed by atoms with Crippen LogP contribution in [0, 0.1) is 5.92 Å². The van der Waals surface area contributed by atoms with E-state index < -0.39 is 10.0 Å². The van der Waals surface area contributed by atoms with Crippen molar-refractivity contribution in [2.75, 3.05) is 53.5 Å². The van der Waals surface area contributed by atoms with Gasteiger partial charge < -0.3 is 14.4 Å². The van der Waals surface area contributed by atoms with Crippen LogP contribution in [0.4, 0.5) is 0 Å². The molecule has 9 nitrogen and oxygen atoms in total. The maximum Gasteiger partial charge on any atom is 0.244 e. The zero-order valence-corrected chi connectivity index (χ0v) is 20.5. The zero-order chi connectivity index (χ0) is 24.1. The van der Waals surface area contributed by atoms with Gasteiger partial charge in [0.15, 0.2) is 0 Å². The molecule has 2 fully saturated rings. The molecule has 0 N–H and O–H groups in total. The highest BCUT2D eigenvalue weighted by atomic mass is 32.2. The Bertz CT molecular complexity index is 1080. The lowest BCUT2D eigenvalue weighted by Crippen LogP contribution is -2.51. The van der Waals surface area contributed by atoms with Gasteiger partial charge in [-0.25, -0.2) is 8.42 Å². The summed E-state index contributed by atoms with van der Waals surface area (Å²) in [5.41, 5.74) is 1.06. The third kappa shape index (κ3) is 5.34. The first-order valence-corrected chi connectivity index (χ1v) is 13.0. The number of rotatable bonds is 7. The fraction of sp³-hybridized carbons (Fsp3) is 0.500. The highest BCUT2D eigenvalue weighted by molar-refractivity contribution is 7.89. The standard InChI is InChI=1S/C24H32N4O5S/c1-32-21-5-6-23(33-2)20(16-21)18-26-12-14-27(15-13-26)24(29)19-7-10-28(11-8-19)34(30,31)22-4-3-9-25-17-22/h3-6,9,16-17,19H,7-8,10-15,18H2,1-2H3. The molecule has 0 unspecified atom stereocenters. The van der Waals surface area contributed by atoms with E-state index in [4.69, 9.17) is 9.47 Å². The van der Waals surface area contributed by atoms with E-state index in [0.29, 0.717) is 39.0 Å². The van der Waals surface area contributed by atoms with E-state index in [2.05, 4.69) is 9.88 Å². The number of carbonyl (C=O) groups is 1. The van der Waals surface area contributed by atoms with Crippen LogP contribution in [0.1, 0.15) is 18.4 Å². The molecule has 1 aromatic heterocycles. The van der Waals surface area contributed by atoms with E-state index in [1.54, 1.807) is 32.5 Å². The molecule has 2 aromatic rings. The van der Waals surface area contributed by atoms with Crippen molar-refractivity contribution in [2.24, 2.45) is 5.92 Å². The Hall–Kier alpha value is -2.69. The van der Waals surface area contributed by atoms with Gasteiger partial charge in [0.25, 0.3) is 0 Å². The van der Waals surface area contributed by atoms with Crippen LogP contribution in [0.25, 0.3) is 0 Å². The lowest BCUT2D eigenvalue weighted by atomic mass is 9.96. The van der Waals surface area contributed by atoms with Crippen LogP contribution in [0.15, 0.2) is 47.6 Å². The second-order valence-corrected chi connectivity index (χ2v) is 10.6. The van der Waals surface area contributed by atoms with Gasteiger partial charge in [0, 0.05) is 69.7 Å². The molecule has 2 aliphatic heterocycles. The number of aromatic nitrogens is 1. The molecule has 4 rings (SSSR count). The molecule has 10 heteroatoms. The first-order chi connectivity index (χ1) is 16.4. The van der Waals surface area contributed by atoms with Crippen LogP contribution in [0.3, 0.4) is 0 Å². The maximum atomic E-state index is 13.1. The smallest absolute Gasteiger partial charge is 0.244 e. The lowest BCUT2D eigenvalue weighted by molar-refractivity contribution is -0.138. The van der Waals surface area contributed by atoms with E-state index in [0.717, 1.165) is 36.7 Å². The molecule has 2 aliphatic rings. The Labute approximate surface area is 201 Å². The SMILES string of the molecule is COc1ccc(OC)c(CN2CCN(C(=O)C3CCN(S(=O)(=O)c4cccnc4)CC3)CC2)c1. The minimum atomic E-state index is -3.56. The quantitative estimate of drug-likeness (QED) is 0.587.